The maximum absolute atomic E-state index is 14.0. The van der Waals surface area contributed by atoms with Gasteiger partial charge in [-0.25, -0.2) is 12.8 Å². The van der Waals surface area contributed by atoms with Gasteiger partial charge in [-0.05, 0) is 80.8 Å². The Balaban J connectivity index is 1.70. The third-order valence-electron chi connectivity index (χ3n) is 7.23. The molecule has 0 aromatic heterocycles. The fourth-order valence-electron chi connectivity index (χ4n) is 4.78. The van der Waals surface area contributed by atoms with Crippen LogP contribution in [0.15, 0.2) is 71.6 Å². The summed E-state index contributed by atoms with van der Waals surface area (Å²) >= 11 is 12.5. The number of amides is 2. The molecule has 0 radical (unpaired) electrons. The Bertz CT molecular complexity index is 1500. The van der Waals surface area contributed by atoms with Crippen LogP contribution in [0.2, 0.25) is 10.0 Å². The topological polar surface area (TPSA) is 86.8 Å². The number of sulfonamides is 1. The van der Waals surface area contributed by atoms with E-state index < -0.39 is 34.3 Å². The van der Waals surface area contributed by atoms with E-state index in [0.717, 1.165) is 59.8 Å². The molecule has 1 aliphatic carbocycles. The summed E-state index contributed by atoms with van der Waals surface area (Å²) in [6, 6.07) is 15.0. The van der Waals surface area contributed by atoms with Crippen LogP contribution in [0.25, 0.3) is 0 Å². The maximum atomic E-state index is 14.0. The number of carbonyl (C=O) groups is 2. The number of aryl methyl sites for hydroxylation is 1. The number of halogens is 3. The molecular formula is C30H32Cl2FN3O4S. The minimum atomic E-state index is -4.29. The van der Waals surface area contributed by atoms with E-state index in [1.807, 2.05) is 6.92 Å². The lowest BCUT2D eigenvalue weighted by Crippen LogP contribution is -2.52. The van der Waals surface area contributed by atoms with Crippen molar-refractivity contribution in [2.75, 3.05) is 10.8 Å². The Morgan fingerprint density at radius 1 is 1.00 bits per heavy atom. The third kappa shape index (κ3) is 7.58. The number of hydrogen-bond acceptors (Lipinski definition) is 4. The van der Waals surface area contributed by atoms with Crippen molar-refractivity contribution in [3.63, 3.8) is 0 Å². The largest absolute Gasteiger partial charge is 0.352 e. The van der Waals surface area contributed by atoms with Gasteiger partial charge in [0.25, 0.3) is 10.0 Å². The lowest BCUT2D eigenvalue weighted by Gasteiger charge is -2.32. The molecule has 0 spiro atoms. The highest BCUT2D eigenvalue weighted by Crippen LogP contribution is 2.27. The van der Waals surface area contributed by atoms with Gasteiger partial charge in [0.1, 0.15) is 18.4 Å². The molecule has 1 saturated carbocycles. The van der Waals surface area contributed by atoms with Gasteiger partial charge in [-0.15, -0.1) is 0 Å². The number of hydrogen-bond donors (Lipinski definition) is 1. The molecule has 0 unspecified atom stereocenters. The van der Waals surface area contributed by atoms with Crippen LogP contribution in [-0.2, 0) is 26.2 Å². The fraction of sp³-hybridized carbons (Fsp3) is 0.333. The maximum Gasteiger partial charge on any atom is 0.264 e. The van der Waals surface area contributed by atoms with Gasteiger partial charge in [0.2, 0.25) is 11.8 Å². The average Bonchev–Trinajstić information content (AvgIpc) is 3.44. The molecule has 0 saturated heterocycles. The van der Waals surface area contributed by atoms with Crippen molar-refractivity contribution in [3.8, 4) is 0 Å². The molecular weight excluding hydrogens is 588 g/mol. The Hall–Kier alpha value is -3.14. The molecule has 1 aliphatic rings. The lowest BCUT2D eigenvalue weighted by molar-refractivity contribution is -0.139. The van der Waals surface area contributed by atoms with E-state index in [-0.39, 0.29) is 29.1 Å². The van der Waals surface area contributed by atoms with Crippen LogP contribution in [0.4, 0.5) is 10.1 Å². The van der Waals surface area contributed by atoms with Crippen LogP contribution < -0.4 is 9.62 Å². The average molecular weight is 621 g/mol. The summed E-state index contributed by atoms with van der Waals surface area (Å²) in [6.07, 6.45) is 3.78. The number of nitrogens with zero attached hydrogens (tertiary/aromatic N) is 2. The number of nitrogens with one attached hydrogen (secondary N) is 1. The zero-order chi connectivity index (χ0) is 29.7. The molecule has 11 heteroatoms. The summed E-state index contributed by atoms with van der Waals surface area (Å²) in [6.45, 7) is 2.81. The molecule has 1 atom stereocenters. The summed E-state index contributed by atoms with van der Waals surface area (Å²) in [4.78, 5) is 28.4. The quantitative estimate of drug-likeness (QED) is 0.296. The standard InChI is InChI=1S/C30H32Cl2FN3O4S/c1-20-7-13-26(14-8-20)36(41(39,40)27-15-11-24(33)12-16-27)19-29(37)35(18-22-9-10-23(31)17-28(22)32)21(2)30(38)34-25-5-3-4-6-25/h7-17,21,25H,3-6,18-19H2,1-2H3,(H,34,38)/t21-/m0/s1. The van der Waals surface area contributed by atoms with Gasteiger partial charge >= 0.3 is 0 Å². The number of carbonyl (C=O) groups excluding carboxylic acids is 2. The number of anilines is 1. The van der Waals surface area contributed by atoms with E-state index >= 15 is 0 Å². The minimum Gasteiger partial charge on any atom is -0.352 e. The highest BCUT2D eigenvalue weighted by atomic mass is 35.5. The molecule has 1 N–H and O–H groups in total. The van der Waals surface area contributed by atoms with E-state index in [0.29, 0.717) is 15.6 Å². The zero-order valence-corrected chi connectivity index (χ0v) is 25.1. The first-order chi connectivity index (χ1) is 19.5. The van der Waals surface area contributed by atoms with Crippen molar-refractivity contribution in [1.82, 2.24) is 10.2 Å². The molecule has 4 rings (SSSR count). The van der Waals surface area contributed by atoms with Gasteiger partial charge in [-0.1, -0.05) is 59.8 Å². The van der Waals surface area contributed by atoms with Gasteiger partial charge in [-0.3, -0.25) is 13.9 Å². The molecule has 7 nitrogen and oxygen atoms in total. The van der Waals surface area contributed by atoms with Gasteiger partial charge in [0.15, 0.2) is 0 Å². The molecule has 3 aromatic carbocycles. The second-order valence-corrected chi connectivity index (χ2v) is 12.9. The normalized spacial score (nSPS) is 14.5. The number of benzene rings is 3. The zero-order valence-electron chi connectivity index (χ0n) is 22.8. The Kier molecular flexibility index (Phi) is 9.94. The van der Waals surface area contributed by atoms with Crippen LogP contribution in [0, 0.1) is 12.7 Å². The van der Waals surface area contributed by atoms with Crippen molar-refractivity contribution in [1.29, 1.82) is 0 Å². The first-order valence-electron chi connectivity index (χ1n) is 13.3. The smallest absolute Gasteiger partial charge is 0.264 e. The summed E-state index contributed by atoms with van der Waals surface area (Å²) in [5.74, 6) is -1.54. The fourth-order valence-corrected chi connectivity index (χ4v) is 6.66. The van der Waals surface area contributed by atoms with E-state index in [2.05, 4.69) is 5.32 Å². The molecule has 1 fully saturated rings. The summed E-state index contributed by atoms with van der Waals surface area (Å²) in [5.41, 5.74) is 1.70. The lowest BCUT2D eigenvalue weighted by atomic mass is 10.1. The van der Waals surface area contributed by atoms with E-state index in [1.54, 1.807) is 49.4 Å². The van der Waals surface area contributed by atoms with Crippen molar-refractivity contribution in [2.45, 2.75) is 63.1 Å². The molecule has 0 bridgehead atoms. The van der Waals surface area contributed by atoms with Crippen LogP contribution in [0.3, 0.4) is 0 Å². The van der Waals surface area contributed by atoms with Gasteiger partial charge in [-0.2, -0.15) is 0 Å². The summed E-state index contributed by atoms with van der Waals surface area (Å²) in [5, 5.41) is 3.75. The Morgan fingerprint density at radius 3 is 2.24 bits per heavy atom. The predicted molar refractivity (Wildman–Crippen MR) is 159 cm³/mol. The van der Waals surface area contributed by atoms with Crippen molar-refractivity contribution in [3.05, 3.63) is 93.7 Å². The minimum absolute atomic E-state index is 0.0314. The van der Waals surface area contributed by atoms with Gasteiger partial charge in [0, 0.05) is 22.6 Å². The predicted octanol–water partition coefficient (Wildman–Crippen LogP) is 6.11. The van der Waals surface area contributed by atoms with Crippen LogP contribution in [0.1, 0.15) is 43.7 Å². The molecule has 3 aromatic rings. The molecule has 2 amide bonds. The molecule has 41 heavy (non-hydrogen) atoms. The molecule has 0 heterocycles. The van der Waals surface area contributed by atoms with Gasteiger partial charge in [0.05, 0.1) is 10.6 Å². The first kappa shape index (κ1) is 30.8. The summed E-state index contributed by atoms with van der Waals surface area (Å²) in [7, 11) is -4.29. The van der Waals surface area contributed by atoms with Crippen LogP contribution in [0.5, 0.6) is 0 Å². The second kappa shape index (κ2) is 13.2. The van der Waals surface area contributed by atoms with E-state index in [4.69, 9.17) is 23.2 Å². The van der Waals surface area contributed by atoms with Crippen molar-refractivity contribution < 1.29 is 22.4 Å². The van der Waals surface area contributed by atoms with E-state index in [9.17, 15) is 22.4 Å². The van der Waals surface area contributed by atoms with Crippen molar-refractivity contribution in [2.24, 2.45) is 0 Å². The van der Waals surface area contributed by atoms with Crippen molar-refractivity contribution >= 4 is 50.7 Å². The monoisotopic (exact) mass is 619 g/mol. The van der Waals surface area contributed by atoms with E-state index in [1.165, 1.54) is 4.90 Å². The second-order valence-electron chi connectivity index (χ2n) is 10.2. The SMILES string of the molecule is Cc1ccc(N(CC(=O)N(Cc2ccc(Cl)cc2Cl)[C@@H](C)C(=O)NC2CCCC2)S(=O)(=O)c2ccc(F)cc2)cc1. The Labute approximate surface area is 250 Å². The summed E-state index contributed by atoms with van der Waals surface area (Å²) < 4.78 is 42.2. The third-order valence-corrected chi connectivity index (χ3v) is 9.60. The highest BCUT2D eigenvalue weighted by molar-refractivity contribution is 7.92. The van der Waals surface area contributed by atoms with Crippen LogP contribution >= 0.6 is 23.2 Å². The van der Waals surface area contributed by atoms with Gasteiger partial charge < -0.3 is 10.2 Å². The first-order valence-corrected chi connectivity index (χ1v) is 15.5. The number of rotatable bonds is 10. The molecule has 218 valence electrons. The molecule has 0 aliphatic heterocycles. The van der Waals surface area contributed by atoms with Crippen LogP contribution in [-0.4, -0.2) is 43.8 Å². The highest BCUT2D eigenvalue weighted by Gasteiger charge is 2.33. The Morgan fingerprint density at radius 2 is 1.63 bits per heavy atom.